The minimum Gasteiger partial charge on any atom is -0.497 e. The Hall–Kier alpha value is -2.93. The molecule has 7 heteroatoms. The normalized spacial score (nSPS) is 15.4. The Morgan fingerprint density at radius 1 is 0.968 bits per heavy atom. The Kier molecular flexibility index (Phi) is 8.41. The van der Waals surface area contributed by atoms with Gasteiger partial charge in [-0.3, -0.25) is 9.89 Å². The van der Waals surface area contributed by atoms with Crippen molar-refractivity contribution >= 4 is 11.6 Å². The van der Waals surface area contributed by atoms with E-state index < -0.39 is 0 Å². The molecule has 3 rings (SSSR count). The summed E-state index contributed by atoms with van der Waals surface area (Å²) >= 11 is 0. The van der Waals surface area contributed by atoms with E-state index >= 15 is 0 Å². The molecule has 1 saturated heterocycles. The number of likely N-dealkylation sites (tertiary alicyclic amines) is 1. The number of anilines is 1. The zero-order chi connectivity index (χ0) is 22.1. The van der Waals surface area contributed by atoms with Gasteiger partial charge in [0.25, 0.3) is 0 Å². The van der Waals surface area contributed by atoms with Gasteiger partial charge in [0.1, 0.15) is 5.75 Å². The van der Waals surface area contributed by atoms with Gasteiger partial charge in [0.15, 0.2) is 17.5 Å². The maximum Gasteiger partial charge on any atom is 0.195 e. The zero-order valence-corrected chi connectivity index (χ0v) is 19.0. The summed E-state index contributed by atoms with van der Waals surface area (Å²) in [5, 5.41) is 6.73. The van der Waals surface area contributed by atoms with Crippen LogP contribution < -0.4 is 24.8 Å². The van der Waals surface area contributed by atoms with Crippen molar-refractivity contribution in [2.45, 2.75) is 25.8 Å². The molecule has 0 aliphatic carbocycles. The number of hydrogen-bond donors (Lipinski definition) is 2. The van der Waals surface area contributed by atoms with Gasteiger partial charge in [0.05, 0.1) is 33.9 Å². The smallest absolute Gasteiger partial charge is 0.195 e. The molecule has 1 fully saturated rings. The Labute approximate surface area is 185 Å². The number of nitrogens with one attached hydrogen (secondary N) is 2. The third kappa shape index (κ3) is 6.04. The van der Waals surface area contributed by atoms with Crippen LogP contribution in [0.3, 0.4) is 0 Å². The van der Waals surface area contributed by atoms with E-state index in [1.54, 1.807) is 21.3 Å². The largest absolute Gasteiger partial charge is 0.497 e. The highest BCUT2D eigenvalue weighted by atomic mass is 16.5. The quantitative estimate of drug-likeness (QED) is 0.468. The van der Waals surface area contributed by atoms with Gasteiger partial charge >= 0.3 is 0 Å². The van der Waals surface area contributed by atoms with E-state index in [-0.39, 0.29) is 6.04 Å². The lowest BCUT2D eigenvalue weighted by Gasteiger charge is -2.27. The van der Waals surface area contributed by atoms with Crippen molar-refractivity contribution in [1.82, 2.24) is 10.2 Å². The number of guanidine groups is 1. The predicted molar refractivity (Wildman–Crippen MR) is 126 cm³/mol. The minimum absolute atomic E-state index is 0.231. The van der Waals surface area contributed by atoms with Crippen molar-refractivity contribution < 1.29 is 14.2 Å². The minimum atomic E-state index is 0.231. The molecule has 1 aliphatic heterocycles. The number of hydrogen-bond acceptors (Lipinski definition) is 5. The van der Waals surface area contributed by atoms with E-state index in [1.165, 1.54) is 18.4 Å². The van der Waals surface area contributed by atoms with Gasteiger partial charge in [-0.05, 0) is 62.7 Å². The van der Waals surface area contributed by atoms with Gasteiger partial charge in [-0.2, -0.15) is 0 Å². The van der Waals surface area contributed by atoms with Crippen LogP contribution in [0.15, 0.2) is 47.5 Å². The number of aliphatic imine (C=N–C) groups is 1. The second-order valence-corrected chi connectivity index (χ2v) is 7.45. The fourth-order valence-electron chi connectivity index (χ4n) is 3.85. The van der Waals surface area contributed by atoms with E-state index in [0.717, 1.165) is 37.0 Å². The van der Waals surface area contributed by atoms with Crippen molar-refractivity contribution in [3.63, 3.8) is 0 Å². The zero-order valence-electron chi connectivity index (χ0n) is 19.0. The maximum atomic E-state index is 5.42. The molecule has 2 N–H and O–H groups in total. The van der Waals surface area contributed by atoms with E-state index in [0.29, 0.717) is 18.0 Å². The highest BCUT2D eigenvalue weighted by Gasteiger charge is 2.23. The first-order chi connectivity index (χ1) is 15.2. The number of benzene rings is 2. The van der Waals surface area contributed by atoms with Crippen LogP contribution in [0.1, 0.15) is 31.4 Å². The van der Waals surface area contributed by atoms with Crippen molar-refractivity contribution in [2.24, 2.45) is 4.99 Å². The fraction of sp³-hybridized carbons (Fsp3) is 0.458. The molecule has 0 bridgehead atoms. The molecule has 0 aromatic heterocycles. The van der Waals surface area contributed by atoms with Gasteiger partial charge in [-0.25, -0.2) is 0 Å². The molecule has 0 spiro atoms. The summed E-state index contributed by atoms with van der Waals surface area (Å²) in [7, 11) is 4.96. The molecule has 1 aliphatic rings. The third-order valence-corrected chi connectivity index (χ3v) is 5.49. The number of nitrogens with zero attached hydrogens (tertiary/aromatic N) is 2. The standard InChI is InChI=1S/C24H34N4O3/c1-5-25-24(27-19-10-13-22(30-3)23(16-19)31-4)26-17-21(28-14-6-7-15-28)18-8-11-20(29-2)12-9-18/h8-13,16,21H,5-7,14-15,17H2,1-4H3,(H2,25,26,27). The van der Waals surface area contributed by atoms with Crippen molar-refractivity contribution in [3.05, 3.63) is 48.0 Å². The Balaban J connectivity index is 1.79. The van der Waals surface area contributed by atoms with Crippen LogP contribution in [0.4, 0.5) is 5.69 Å². The molecule has 0 saturated carbocycles. The van der Waals surface area contributed by atoms with E-state index in [1.807, 2.05) is 30.3 Å². The first-order valence-corrected chi connectivity index (χ1v) is 10.8. The molecule has 1 atom stereocenters. The summed E-state index contributed by atoms with van der Waals surface area (Å²) in [5.74, 6) is 2.99. The summed E-state index contributed by atoms with van der Waals surface area (Å²) < 4.78 is 16.1. The van der Waals surface area contributed by atoms with Gasteiger partial charge in [-0.1, -0.05) is 12.1 Å². The Morgan fingerprint density at radius 3 is 2.29 bits per heavy atom. The van der Waals surface area contributed by atoms with Crippen molar-refractivity contribution in [3.8, 4) is 17.2 Å². The molecule has 31 heavy (non-hydrogen) atoms. The second kappa shape index (κ2) is 11.5. The van der Waals surface area contributed by atoms with Gasteiger partial charge < -0.3 is 24.8 Å². The monoisotopic (exact) mass is 426 g/mol. The van der Waals surface area contributed by atoms with Crippen LogP contribution in [0, 0.1) is 0 Å². The van der Waals surface area contributed by atoms with E-state index in [9.17, 15) is 0 Å². The average molecular weight is 427 g/mol. The molecule has 1 unspecified atom stereocenters. The van der Waals surface area contributed by atoms with Crippen LogP contribution in [-0.4, -0.2) is 58.4 Å². The molecule has 2 aromatic carbocycles. The Bertz CT molecular complexity index is 848. The number of rotatable bonds is 9. The summed E-state index contributed by atoms with van der Waals surface area (Å²) in [5.41, 5.74) is 2.15. The van der Waals surface area contributed by atoms with E-state index in [4.69, 9.17) is 19.2 Å². The second-order valence-electron chi connectivity index (χ2n) is 7.45. The summed E-state index contributed by atoms with van der Waals surface area (Å²) in [4.78, 5) is 7.44. The molecule has 1 heterocycles. The van der Waals surface area contributed by atoms with Crippen molar-refractivity contribution in [2.75, 3.05) is 52.8 Å². The lowest BCUT2D eigenvalue weighted by molar-refractivity contribution is 0.251. The van der Waals surface area contributed by atoms with Gasteiger partial charge in [-0.15, -0.1) is 0 Å². The average Bonchev–Trinajstić information content (AvgIpc) is 3.34. The fourth-order valence-corrected chi connectivity index (χ4v) is 3.85. The number of methoxy groups -OCH3 is 3. The van der Waals surface area contributed by atoms with Crippen molar-refractivity contribution in [1.29, 1.82) is 0 Å². The van der Waals surface area contributed by atoms with Crippen LogP contribution >= 0.6 is 0 Å². The molecule has 7 nitrogen and oxygen atoms in total. The van der Waals surface area contributed by atoms with Gasteiger partial charge in [0.2, 0.25) is 0 Å². The van der Waals surface area contributed by atoms with E-state index in [2.05, 4.69) is 34.6 Å². The highest BCUT2D eigenvalue weighted by Crippen LogP contribution is 2.30. The van der Waals surface area contributed by atoms with Gasteiger partial charge in [0, 0.05) is 18.3 Å². The lowest BCUT2D eigenvalue weighted by Crippen LogP contribution is -2.33. The topological polar surface area (TPSA) is 67.4 Å². The summed E-state index contributed by atoms with van der Waals surface area (Å²) in [6.07, 6.45) is 2.47. The molecule has 168 valence electrons. The van der Waals surface area contributed by atoms with Crippen LogP contribution in [0.25, 0.3) is 0 Å². The maximum absolute atomic E-state index is 5.42. The Morgan fingerprint density at radius 2 is 1.68 bits per heavy atom. The van der Waals surface area contributed by atoms with Crippen LogP contribution in [0.2, 0.25) is 0 Å². The summed E-state index contributed by atoms with van der Waals surface area (Å²) in [6.45, 7) is 5.70. The first-order valence-electron chi connectivity index (χ1n) is 10.8. The molecular formula is C24H34N4O3. The first kappa shape index (κ1) is 22.7. The molecule has 2 aromatic rings. The SMILES string of the molecule is CCNC(=NCC(c1ccc(OC)cc1)N1CCCC1)Nc1ccc(OC)c(OC)c1. The lowest BCUT2D eigenvalue weighted by atomic mass is 10.1. The third-order valence-electron chi connectivity index (χ3n) is 5.49. The molecular weight excluding hydrogens is 392 g/mol. The van der Waals surface area contributed by atoms with Crippen LogP contribution in [-0.2, 0) is 0 Å². The highest BCUT2D eigenvalue weighted by molar-refractivity contribution is 5.94. The summed E-state index contributed by atoms with van der Waals surface area (Å²) in [6, 6.07) is 14.3. The molecule has 0 radical (unpaired) electrons. The number of ether oxygens (including phenoxy) is 3. The predicted octanol–water partition coefficient (Wildman–Crippen LogP) is 3.93. The van der Waals surface area contributed by atoms with Crippen LogP contribution in [0.5, 0.6) is 17.2 Å². The molecule has 0 amide bonds.